The number of nitrogens with zero attached hydrogens (tertiary/aromatic N) is 2. The summed E-state index contributed by atoms with van der Waals surface area (Å²) in [6.45, 7) is 0. The first-order chi connectivity index (χ1) is 9.08. The molecule has 0 fully saturated rings. The zero-order valence-corrected chi connectivity index (χ0v) is 12.7. The van der Waals surface area contributed by atoms with Gasteiger partial charge in [-0.25, -0.2) is 4.98 Å². The summed E-state index contributed by atoms with van der Waals surface area (Å²) in [5, 5.41) is 1.22. The van der Waals surface area contributed by atoms with Crippen molar-refractivity contribution in [3.8, 4) is 5.69 Å². The van der Waals surface area contributed by atoms with Crippen LogP contribution in [0.3, 0.4) is 0 Å². The fourth-order valence-electron chi connectivity index (χ4n) is 1.98. The van der Waals surface area contributed by atoms with Gasteiger partial charge in [0.25, 0.3) is 0 Å². The molecule has 0 aliphatic heterocycles. The van der Waals surface area contributed by atoms with E-state index in [1.54, 1.807) is 12.1 Å². The van der Waals surface area contributed by atoms with Crippen LogP contribution in [-0.4, -0.2) is 9.55 Å². The van der Waals surface area contributed by atoms with Crippen molar-refractivity contribution >= 4 is 56.1 Å². The number of halogens is 3. The Morgan fingerprint density at radius 2 is 1.89 bits per heavy atom. The van der Waals surface area contributed by atoms with Crippen LogP contribution >= 0.6 is 39.1 Å². The highest BCUT2D eigenvalue weighted by molar-refractivity contribution is 9.10. The fourth-order valence-corrected chi connectivity index (χ4v) is 2.67. The lowest BCUT2D eigenvalue weighted by atomic mass is 10.3. The highest BCUT2D eigenvalue weighted by Crippen LogP contribution is 2.31. The van der Waals surface area contributed by atoms with Crippen molar-refractivity contribution in [1.82, 2.24) is 9.55 Å². The summed E-state index contributed by atoms with van der Waals surface area (Å²) in [6, 6.07) is 11.2. The standard InChI is InChI=1S/C13H8BrCl2N3/c14-8-6-7(4-5-9(8)15)19-11-3-1-2-10(16)12(11)18-13(19)17/h1-6H,(H2,17,18). The molecule has 6 heteroatoms. The number of nitrogens with two attached hydrogens (primary N) is 1. The Bertz CT molecular complexity index is 783. The fraction of sp³-hybridized carbons (Fsp3) is 0. The molecule has 0 amide bonds. The third kappa shape index (κ3) is 2.10. The molecule has 0 aliphatic rings. The molecule has 96 valence electrons. The largest absolute Gasteiger partial charge is 0.369 e. The van der Waals surface area contributed by atoms with E-state index in [4.69, 9.17) is 28.9 Å². The van der Waals surface area contributed by atoms with Crippen molar-refractivity contribution in [1.29, 1.82) is 0 Å². The molecule has 0 spiro atoms. The number of benzene rings is 2. The lowest BCUT2D eigenvalue weighted by Crippen LogP contribution is -2.00. The van der Waals surface area contributed by atoms with Crippen molar-refractivity contribution in [2.24, 2.45) is 0 Å². The van der Waals surface area contributed by atoms with Gasteiger partial charge >= 0.3 is 0 Å². The molecule has 2 N–H and O–H groups in total. The summed E-state index contributed by atoms with van der Waals surface area (Å²) in [5.41, 5.74) is 8.41. The smallest absolute Gasteiger partial charge is 0.205 e. The Morgan fingerprint density at radius 3 is 2.63 bits per heavy atom. The topological polar surface area (TPSA) is 43.8 Å². The second kappa shape index (κ2) is 4.71. The lowest BCUT2D eigenvalue weighted by molar-refractivity contribution is 1.11. The summed E-state index contributed by atoms with van der Waals surface area (Å²) in [6.07, 6.45) is 0. The van der Waals surface area contributed by atoms with Crippen LogP contribution in [0.4, 0.5) is 5.95 Å². The molecule has 19 heavy (non-hydrogen) atoms. The predicted molar refractivity (Wildman–Crippen MR) is 83.2 cm³/mol. The van der Waals surface area contributed by atoms with E-state index in [1.807, 2.05) is 28.8 Å². The van der Waals surface area contributed by atoms with Gasteiger partial charge in [0, 0.05) is 4.47 Å². The molecule has 3 nitrogen and oxygen atoms in total. The number of fused-ring (bicyclic) bond motifs is 1. The summed E-state index contributed by atoms with van der Waals surface area (Å²) in [4.78, 5) is 4.30. The third-order valence-electron chi connectivity index (χ3n) is 2.82. The zero-order chi connectivity index (χ0) is 13.6. The maximum absolute atomic E-state index is 6.12. The van der Waals surface area contributed by atoms with E-state index in [2.05, 4.69) is 20.9 Å². The van der Waals surface area contributed by atoms with Crippen molar-refractivity contribution in [3.05, 3.63) is 50.9 Å². The first-order valence-electron chi connectivity index (χ1n) is 5.46. The molecule has 3 aromatic rings. The molecule has 0 bridgehead atoms. The summed E-state index contributed by atoms with van der Waals surface area (Å²) in [7, 11) is 0. The first-order valence-corrected chi connectivity index (χ1v) is 7.00. The van der Waals surface area contributed by atoms with Crippen molar-refractivity contribution in [2.45, 2.75) is 0 Å². The Morgan fingerprint density at radius 1 is 1.11 bits per heavy atom. The maximum Gasteiger partial charge on any atom is 0.205 e. The minimum absolute atomic E-state index is 0.386. The quantitative estimate of drug-likeness (QED) is 0.688. The molecule has 2 aromatic carbocycles. The molecule has 0 aliphatic carbocycles. The van der Waals surface area contributed by atoms with E-state index in [-0.39, 0.29) is 0 Å². The Labute approximate surface area is 128 Å². The van der Waals surface area contributed by atoms with Gasteiger partial charge in [-0.15, -0.1) is 0 Å². The third-order valence-corrected chi connectivity index (χ3v) is 4.34. The summed E-state index contributed by atoms with van der Waals surface area (Å²) >= 11 is 15.5. The van der Waals surface area contributed by atoms with E-state index in [9.17, 15) is 0 Å². The lowest BCUT2D eigenvalue weighted by Gasteiger charge is -2.07. The number of hydrogen-bond acceptors (Lipinski definition) is 2. The van der Waals surface area contributed by atoms with Crippen LogP contribution < -0.4 is 5.73 Å². The number of aromatic nitrogens is 2. The van der Waals surface area contributed by atoms with E-state index >= 15 is 0 Å². The number of imidazole rings is 1. The summed E-state index contributed by atoms with van der Waals surface area (Å²) < 4.78 is 2.64. The molecule has 1 aromatic heterocycles. The van der Waals surface area contributed by atoms with Crippen molar-refractivity contribution in [3.63, 3.8) is 0 Å². The highest BCUT2D eigenvalue weighted by atomic mass is 79.9. The van der Waals surface area contributed by atoms with Crippen LogP contribution in [0, 0.1) is 0 Å². The SMILES string of the molecule is Nc1nc2c(Cl)cccc2n1-c1ccc(Cl)c(Br)c1. The van der Waals surface area contributed by atoms with E-state index in [0.29, 0.717) is 21.5 Å². The first kappa shape index (κ1) is 12.8. The van der Waals surface area contributed by atoms with E-state index in [1.165, 1.54) is 0 Å². The molecule has 0 saturated heterocycles. The number of nitrogen functional groups attached to an aromatic ring is 1. The molecule has 3 rings (SSSR count). The molecular formula is C13H8BrCl2N3. The van der Waals surface area contributed by atoms with Gasteiger partial charge in [-0.05, 0) is 46.3 Å². The number of hydrogen-bond donors (Lipinski definition) is 1. The van der Waals surface area contributed by atoms with Crippen LogP contribution in [0.5, 0.6) is 0 Å². The molecule has 0 saturated carbocycles. The van der Waals surface area contributed by atoms with Crippen LogP contribution in [0.25, 0.3) is 16.7 Å². The van der Waals surface area contributed by atoms with Crippen molar-refractivity contribution < 1.29 is 0 Å². The average Bonchev–Trinajstić information content (AvgIpc) is 2.71. The number of rotatable bonds is 1. The molecule has 0 unspecified atom stereocenters. The minimum Gasteiger partial charge on any atom is -0.369 e. The Hall–Kier alpha value is -1.23. The van der Waals surface area contributed by atoms with Gasteiger partial charge in [0.05, 0.1) is 21.2 Å². The van der Waals surface area contributed by atoms with Gasteiger partial charge < -0.3 is 5.73 Å². The van der Waals surface area contributed by atoms with Gasteiger partial charge in [-0.3, -0.25) is 4.57 Å². The van der Waals surface area contributed by atoms with Crippen molar-refractivity contribution in [2.75, 3.05) is 5.73 Å². The zero-order valence-electron chi connectivity index (χ0n) is 9.57. The monoisotopic (exact) mass is 355 g/mol. The van der Waals surface area contributed by atoms with E-state index in [0.717, 1.165) is 15.7 Å². The normalized spacial score (nSPS) is 11.1. The molecular weight excluding hydrogens is 349 g/mol. The maximum atomic E-state index is 6.12. The predicted octanol–water partition coefficient (Wildman–Crippen LogP) is 4.68. The van der Waals surface area contributed by atoms with Gasteiger partial charge in [0.2, 0.25) is 5.95 Å². The van der Waals surface area contributed by atoms with Crippen LogP contribution in [0.2, 0.25) is 10.0 Å². The Balaban J connectivity index is 2.33. The number of anilines is 1. The minimum atomic E-state index is 0.386. The van der Waals surface area contributed by atoms with Gasteiger partial charge in [0.1, 0.15) is 5.52 Å². The van der Waals surface area contributed by atoms with Crippen LogP contribution in [-0.2, 0) is 0 Å². The highest BCUT2D eigenvalue weighted by Gasteiger charge is 2.12. The molecule has 1 heterocycles. The second-order valence-electron chi connectivity index (χ2n) is 4.01. The molecule has 0 radical (unpaired) electrons. The van der Waals surface area contributed by atoms with E-state index < -0.39 is 0 Å². The molecule has 0 atom stereocenters. The average molecular weight is 357 g/mol. The Kier molecular flexibility index (Phi) is 3.17. The van der Waals surface area contributed by atoms with Crippen LogP contribution in [0.15, 0.2) is 40.9 Å². The van der Waals surface area contributed by atoms with Crippen LogP contribution in [0.1, 0.15) is 0 Å². The van der Waals surface area contributed by atoms with Gasteiger partial charge in [-0.1, -0.05) is 29.3 Å². The van der Waals surface area contributed by atoms with Gasteiger partial charge in [-0.2, -0.15) is 0 Å². The summed E-state index contributed by atoms with van der Waals surface area (Å²) in [5.74, 6) is 0.386. The second-order valence-corrected chi connectivity index (χ2v) is 5.68. The van der Waals surface area contributed by atoms with Gasteiger partial charge in [0.15, 0.2) is 0 Å². The number of para-hydroxylation sites is 1.